The molecule has 0 aliphatic heterocycles. The van der Waals surface area contributed by atoms with E-state index in [1.54, 1.807) is 17.8 Å². The predicted octanol–water partition coefficient (Wildman–Crippen LogP) is 2.08. The zero-order valence-corrected chi connectivity index (χ0v) is 9.89. The fraction of sp³-hybridized carbons (Fsp3) is 0.364. The summed E-state index contributed by atoms with van der Waals surface area (Å²) in [4.78, 5) is 11.8. The van der Waals surface area contributed by atoms with E-state index in [0.717, 1.165) is 4.90 Å². The van der Waals surface area contributed by atoms with E-state index in [2.05, 4.69) is 5.43 Å². The molecule has 0 fully saturated rings. The minimum atomic E-state index is -0.239. The van der Waals surface area contributed by atoms with Crippen LogP contribution in [-0.4, -0.2) is 11.2 Å². The molecule has 0 radical (unpaired) electrons. The molecule has 0 heterocycles. The van der Waals surface area contributed by atoms with Gasteiger partial charge in [0.15, 0.2) is 0 Å². The molecule has 88 valence electrons. The zero-order valence-electron chi connectivity index (χ0n) is 9.07. The summed E-state index contributed by atoms with van der Waals surface area (Å²) in [5.74, 6) is 4.56. The van der Waals surface area contributed by atoms with Gasteiger partial charge >= 0.3 is 0 Å². The van der Waals surface area contributed by atoms with Crippen molar-refractivity contribution in [2.24, 2.45) is 5.84 Å². The van der Waals surface area contributed by atoms with Crippen LogP contribution in [0.3, 0.4) is 0 Å². The van der Waals surface area contributed by atoms with Crippen LogP contribution in [0, 0.1) is 5.82 Å². The number of benzene rings is 1. The maximum atomic E-state index is 12.9. The van der Waals surface area contributed by atoms with Gasteiger partial charge in [-0.05, 0) is 24.6 Å². The Bertz CT molecular complexity index is 360. The number of rotatable bonds is 5. The van der Waals surface area contributed by atoms with E-state index < -0.39 is 0 Å². The Kier molecular flexibility index (Phi) is 5.28. The van der Waals surface area contributed by atoms with Gasteiger partial charge in [-0.15, -0.1) is 11.8 Å². The fourth-order valence-corrected chi connectivity index (χ4v) is 2.28. The van der Waals surface area contributed by atoms with Crippen LogP contribution in [0.15, 0.2) is 29.2 Å². The first-order valence-corrected chi connectivity index (χ1v) is 5.91. The first-order chi connectivity index (χ1) is 7.61. The lowest BCUT2D eigenvalue weighted by molar-refractivity contribution is -0.121. The zero-order chi connectivity index (χ0) is 12.0. The highest BCUT2D eigenvalue weighted by Crippen LogP contribution is 2.26. The number of nitrogens with two attached hydrogens (primary N) is 1. The number of thioether (sulfide) groups is 1. The summed E-state index contributed by atoms with van der Waals surface area (Å²) in [7, 11) is 0. The molecule has 16 heavy (non-hydrogen) atoms. The van der Waals surface area contributed by atoms with Gasteiger partial charge in [-0.3, -0.25) is 10.2 Å². The minimum absolute atomic E-state index is 0.174. The minimum Gasteiger partial charge on any atom is -0.294 e. The number of hydrazine groups is 1. The van der Waals surface area contributed by atoms with Crippen molar-refractivity contribution in [3.8, 4) is 0 Å². The molecule has 3 N–H and O–H groups in total. The molecule has 1 aromatic carbocycles. The quantitative estimate of drug-likeness (QED) is 0.360. The van der Waals surface area contributed by atoms with Crippen molar-refractivity contribution in [3.05, 3.63) is 30.1 Å². The molecule has 0 bridgehead atoms. The molecule has 5 heteroatoms. The summed E-state index contributed by atoms with van der Waals surface area (Å²) in [5.41, 5.74) is 2.09. The van der Waals surface area contributed by atoms with Gasteiger partial charge < -0.3 is 0 Å². The normalized spacial score (nSPS) is 12.2. The van der Waals surface area contributed by atoms with Crippen molar-refractivity contribution in [2.75, 3.05) is 0 Å². The van der Waals surface area contributed by atoms with Crippen LogP contribution in [0.1, 0.15) is 19.8 Å². The van der Waals surface area contributed by atoms with E-state index in [-0.39, 0.29) is 17.0 Å². The summed E-state index contributed by atoms with van der Waals surface area (Å²) in [6, 6.07) is 6.44. The summed E-state index contributed by atoms with van der Waals surface area (Å²) in [5, 5.41) is 0.249. The summed E-state index contributed by atoms with van der Waals surface area (Å²) in [6.07, 6.45) is 1.10. The predicted molar refractivity (Wildman–Crippen MR) is 63.3 cm³/mol. The second-order valence-electron chi connectivity index (χ2n) is 3.49. The van der Waals surface area contributed by atoms with E-state index in [1.165, 1.54) is 12.1 Å². The Morgan fingerprint density at radius 3 is 3.00 bits per heavy atom. The van der Waals surface area contributed by atoms with Gasteiger partial charge in [-0.2, -0.15) is 0 Å². The Hall–Kier alpha value is -1.07. The fourth-order valence-electron chi connectivity index (χ4n) is 1.24. The Balaban J connectivity index is 2.39. The summed E-state index contributed by atoms with van der Waals surface area (Å²) < 4.78 is 12.9. The molecule has 1 amide bonds. The van der Waals surface area contributed by atoms with Gasteiger partial charge in [0, 0.05) is 16.6 Å². The largest absolute Gasteiger partial charge is 0.294 e. The van der Waals surface area contributed by atoms with Gasteiger partial charge in [0.2, 0.25) is 5.91 Å². The van der Waals surface area contributed by atoms with Gasteiger partial charge in [-0.1, -0.05) is 13.0 Å². The van der Waals surface area contributed by atoms with Crippen LogP contribution in [0.5, 0.6) is 0 Å². The Morgan fingerprint density at radius 2 is 2.38 bits per heavy atom. The molecule has 0 saturated carbocycles. The molecule has 0 aromatic heterocycles. The average molecular weight is 242 g/mol. The van der Waals surface area contributed by atoms with Crippen LogP contribution in [0.2, 0.25) is 0 Å². The summed E-state index contributed by atoms with van der Waals surface area (Å²) in [6.45, 7) is 2.00. The van der Waals surface area contributed by atoms with E-state index in [4.69, 9.17) is 5.84 Å². The molecular formula is C11H15FN2OS. The number of hydrogen-bond acceptors (Lipinski definition) is 3. The molecule has 0 saturated heterocycles. The van der Waals surface area contributed by atoms with Crippen molar-refractivity contribution < 1.29 is 9.18 Å². The highest BCUT2D eigenvalue weighted by Gasteiger charge is 2.07. The van der Waals surface area contributed by atoms with Crippen molar-refractivity contribution in [1.82, 2.24) is 5.43 Å². The van der Waals surface area contributed by atoms with Gasteiger partial charge in [0.05, 0.1) is 0 Å². The van der Waals surface area contributed by atoms with Crippen LogP contribution >= 0.6 is 11.8 Å². The molecule has 1 rings (SSSR count). The molecule has 0 aliphatic rings. The monoisotopic (exact) mass is 242 g/mol. The lowest BCUT2D eigenvalue weighted by atomic mass is 10.2. The molecule has 1 atom stereocenters. The lowest BCUT2D eigenvalue weighted by Crippen LogP contribution is -2.30. The van der Waals surface area contributed by atoms with Crippen molar-refractivity contribution in [1.29, 1.82) is 0 Å². The third kappa shape index (κ3) is 4.63. The third-order valence-corrected chi connectivity index (χ3v) is 3.24. The van der Waals surface area contributed by atoms with E-state index in [0.29, 0.717) is 12.8 Å². The average Bonchev–Trinajstić information content (AvgIpc) is 2.26. The van der Waals surface area contributed by atoms with Crippen LogP contribution in [-0.2, 0) is 4.79 Å². The maximum absolute atomic E-state index is 12.9. The van der Waals surface area contributed by atoms with E-state index in [1.807, 2.05) is 13.0 Å². The second-order valence-corrected chi connectivity index (χ2v) is 5.00. The third-order valence-electron chi connectivity index (χ3n) is 2.07. The van der Waals surface area contributed by atoms with Crippen LogP contribution < -0.4 is 11.3 Å². The summed E-state index contributed by atoms with van der Waals surface area (Å²) >= 11 is 1.55. The molecule has 0 spiro atoms. The number of nitrogens with one attached hydrogen (secondary N) is 1. The lowest BCUT2D eigenvalue weighted by Gasteiger charge is -2.10. The molecule has 1 aromatic rings. The van der Waals surface area contributed by atoms with E-state index >= 15 is 0 Å². The van der Waals surface area contributed by atoms with Gasteiger partial charge in [-0.25, -0.2) is 10.2 Å². The smallest absolute Gasteiger partial charge is 0.233 e. The first-order valence-electron chi connectivity index (χ1n) is 5.03. The van der Waals surface area contributed by atoms with Gasteiger partial charge in [0.1, 0.15) is 5.82 Å². The van der Waals surface area contributed by atoms with Crippen LogP contribution in [0.4, 0.5) is 4.39 Å². The van der Waals surface area contributed by atoms with Gasteiger partial charge in [0.25, 0.3) is 0 Å². The number of halogens is 1. The van der Waals surface area contributed by atoms with Crippen molar-refractivity contribution in [3.63, 3.8) is 0 Å². The maximum Gasteiger partial charge on any atom is 0.233 e. The van der Waals surface area contributed by atoms with Crippen LogP contribution in [0.25, 0.3) is 0 Å². The Morgan fingerprint density at radius 1 is 1.62 bits per heavy atom. The molecular weight excluding hydrogens is 227 g/mol. The topological polar surface area (TPSA) is 55.1 Å². The first kappa shape index (κ1) is 13.0. The highest BCUT2D eigenvalue weighted by molar-refractivity contribution is 7.99. The molecule has 1 unspecified atom stereocenters. The highest BCUT2D eigenvalue weighted by atomic mass is 32.2. The number of amides is 1. The Labute approximate surface area is 98.6 Å². The number of carbonyl (C=O) groups is 1. The van der Waals surface area contributed by atoms with Crippen molar-refractivity contribution >= 4 is 17.7 Å². The second kappa shape index (κ2) is 6.50. The van der Waals surface area contributed by atoms with Crippen molar-refractivity contribution in [2.45, 2.75) is 29.9 Å². The standard InChI is InChI=1S/C11H15FN2OS/c1-8(5-6-11(15)14-13)16-10-4-2-3-9(12)7-10/h2-4,7-8H,5-6,13H2,1H3,(H,14,15). The number of hydrogen-bond donors (Lipinski definition) is 2. The number of carbonyl (C=O) groups excluding carboxylic acids is 1. The van der Waals surface area contributed by atoms with E-state index in [9.17, 15) is 9.18 Å². The molecule has 0 aliphatic carbocycles. The molecule has 3 nitrogen and oxygen atoms in total. The SMILES string of the molecule is CC(CCC(=O)NN)Sc1cccc(F)c1.